The topological polar surface area (TPSA) is 55.7 Å². The number of pyridine rings is 1. The summed E-state index contributed by atoms with van der Waals surface area (Å²) in [7, 11) is 0. The van der Waals surface area contributed by atoms with Crippen LogP contribution >= 0.6 is 12.2 Å². The summed E-state index contributed by atoms with van der Waals surface area (Å²) in [6.45, 7) is 7.37. The van der Waals surface area contributed by atoms with E-state index in [2.05, 4.69) is 15.2 Å². The van der Waals surface area contributed by atoms with Crippen molar-refractivity contribution in [3.63, 3.8) is 0 Å². The summed E-state index contributed by atoms with van der Waals surface area (Å²) in [5.74, 6) is 0.783. The predicted octanol–water partition coefficient (Wildman–Crippen LogP) is 2.82. The zero-order valence-corrected chi connectivity index (χ0v) is 12.2. The summed E-state index contributed by atoms with van der Waals surface area (Å²) >= 11 is 5.29. The maximum Gasteiger partial charge on any atom is 0.195 e. The first-order chi connectivity index (χ1) is 9.03. The Morgan fingerprint density at radius 2 is 2.26 bits per heavy atom. The Balaban J connectivity index is 2.37. The van der Waals surface area contributed by atoms with Crippen molar-refractivity contribution < 1.29 is 4.74 Å². The highest BCUT2D eigenvalue weighted by atomic mass is 32.1. The molecule has 0 aliphatic carbocycles. The molecule has 0 bridgehead atoms. The number of nitrogens with one attached hydrogen (secondary N) is 1. The second-order valence-corrected chi connectivity index (χ2v) is 5.26. The third-order valence-electron chi connectivity index (χ3n) is 2.75. The number of nitrogens with zero attached hydrogens (tertiary/aromatic N) is 3. The molecule has 0 spiro atoms. The van der Waals surface area contributed by atoms with Gasteiger partial charge in [0.25, 0.3) is 0 Å². The van der Waals surface area contributed by atoms with Crippen LogP contribution < -0.4 is 0 Å². The van der Waals surface area contributed by atoms with E-state index in [-0.39, 0.29) is 5.60 Å². The zero-order valence-electron chi connectivity index (χ0n) is 11.4. The minimum atomic E-state index is -0.298. The molecular weight excluding hydrogens is 260 g/mol. The second-order valence-electron chi connectivity index (χ2n) is 4.87. The Labute approximate surface area is 117 Å². The summed E-state index contributed by atoms with van der Waals surface area (Å²) in [5, 5.41) is 7.11. The Morgan fingerprint density at radius 3 is 2.89 bits per heavy atom. The molecule has 19 heavy (non-hydrogen) atoms. The third kappa shape index (κ3) is 3.27. The average molecular weight is 278 g/mol. The minimum Gasteiger partial charge on any atom is -0.374 e. The lowest BCUT2D eigenvalue weighted by molar-refractivity contribution is -0.0224. The molecule has 0 aliphatic heterocycles. The number of H-pyrrole nitrogens is 1. The lowest BCUT2D eigenvalue weighted by Gasteiger charge is -2.25. The number of hydrogen-bond donors (Lipinski definition) is 1. The number of hydrogen-bond acceptors (Lipinski definition) is 4. The summed E-state index contributed by atoms with van der Waals surface area (Å²) in [5.41, 5.74) is 0.635. The molecular formula is C13H18N4OS. The van der Waals surface area contributed by atoms with Gasteiger partial charge in [0.1, 0.15) is 0 Å². The van der Waals surface area contributed by atoms with E-state index in [0.717, 1.165) is 11.4 Å². The van der Waals surface area contributed by atoms with E-state index in [9.17, 15) is 0 Å². The maximum atomic E-state index is 5.72. The molecule has 0 fully saturated rings. The lowest BCUT2D eigenvalue weighted by atomic mass is 10.1. The summed E-state index contributed by atoms with van der Waals surface area (Å²) in [6, 6.07) is 3.84. The Kier molecular flexibility index (Phi) is 4.11. The van der Waals surface area contributed by atoms with Crippen molar-refractivity contribution in [2.75, 3.05) is 6.61 Å². The van der Waals surface area contributed by atoms with E-state index in [1.165, 1.54) is 0 Å². The highest BCUT2D eigenvalue weighted by Crippen LogP contribution is 2.20. The van der Waals surface area contributed by atoms with E-state index in [4.69, 9.17) is 17.0 Å². The van der Waals surface area contributed by atoms with Crippen molar-refractivity contribution in [2.45, 2.75) is 32.9 Å². The molecule has 0 aliphatic rings. The van der Waals surface area contributed by atoms with Crippen molar-refractivity contribution in [3.05, 3.63) is 29.3 Å². The van der Waals surface area contributed by atoms with Gasteiger partial charge in [-0.05, 0) is 45.1 Å². The fraction of sp³-hybridized carbons (Fsp3) is 0.462. The minimum absolute atomic E-state index is 0.298. The van der Waals surface area contributed by atoms with Gasteiger partial charge >= 0.3 is 0 Å². The average Bonchev–Trinajstić information content (AvgIpc) is 2.71. The van der Waals surface area contributed by atoms with Gasteiger partial charge in [0.2, 0.25) is 0 Å². The van der Waals surface area contributed by atoms with Crippen LogP contribution in [0.3, 0.4) is 0 Å². The van der Waals surface area contributed by atoms with Gasteiger partial charge in [0.15, 0.2) is 10.6 Å². The molecule has 0 unspecified atom stereocenters. The van der Waals surface area contributed by atoms with Gasteiger partial charge in [-0.2, -0.15) is 5.10 Å². The molecule has 0 atom stereocenters. The predicted molar refractivity (Wildman–Crippen MR) is 76.3 cm³/mol. The van der Waals surface area contributed by atoms with Gasteiger partial charge in [-0.25, -0.2) is 0 Å². The van der Waals surface area contributed by atoms with Crippen molar-refractivity contribution >= 4 is 12.2 Å². The first-order valence-electron chi connectivity index (χ1n) is 6.23. The van der Waals surface area contributed by atoms with Crippen molar-refractivity contribution in [1.29, 1.82) is 0 Å². The summed E-state index contributed by atoms with van der Waals surface area (Å²) in [6.07, 6.45) is 3.51. The largest absolute Gasteiger partial charge is 0.374 e. The van der Waals surface area contributed by atoms with Crippen LogP contribution in [0.4, 0.5) is 0 Å². The fourth-order valence-corrected chi connectivity index (χ4v) is 2.19. The van der Waals surface area contributed by atoms with Gasteiger partial charge in [-0.3, -0.25) is 14.6 Å². The van der Waals surface area contributed by atoms with Gasteiger partial charge in [-0.1, -0.05) is 0 Å². The molecule has 1 N–H and O–H groups in total. The molecule has 0 saturated heterocycles. The van der Waals surface area contributed by atoms with Crippen molar-refractivity contribution in [2.24, 2.45) is 0 Å². The lowest BCUT2D eigenvalue weighted by Crippen LogP contribution is -2.31. The van der Waals surface area contributed by atoms with Crippen molar-refractivity contribution in [1.82, 2.24) is 19.7 Å². The maximum absolute atomic E-state index is 5.72. The molecule has 0 aromatic carbocycles. The quantitative estimate of drug-likeness (QED) is 0.854. The molecule has 0 amide bonds. The number of aromatic amines is 1. The molecule has 2 aromatic heterocycles. The van der Waals surface area contributed by atoms with E-state index < -0.39 is 0 Å². The van der Waals surface area contributed by atoms with Gasteiger partial charge < -0.3 is 4.74 Å². The molecule has 2 aromatic rings. The summed E-state index contributed by atoms with van der Waals surface area (Å²) < 4.78 is 8.26. The Hall–Kier alpha value is -1.53. The molecule has 2 heterocycles. The third-order valence-corrected chi connectivity index (χ3v) is 3.06. The molecule has 102 valence electrons. The van der Waals surface area contributed by atoms with Crippen LogP contribution in [0, 0.1) is 4.77 Å². The van der Waals surface area contributed by atoms with Crippen LogP contribution in [0.15, 0.2) is 24.5 Å². The molecule has 6 heteroatoms. The Bertz CT molecular complexity index is 588. The van der Waals surface area contributed by atoms with E-state index >= 15 is 0 Å². The highest BCUT2D eigenvalue weighted by molar-refractivity contribution is 7.71. The fourth-order valence-electron chi connectivity index (χ4n) is 2.00. The molecule has 0 radical (unpaired) electrons. The summed E-state index contributed by atoms with van der Waals surface area (Å²) in [4.78, 5) is 4.11. The Morgan fingerprint density at radius 1 is 1.47 bits per heavy atom. The monoisotopic (exact) mass is 278 g/mol. The van der Waals surface area contributed by atoms with Crippen LogP contribution in [-0.2, 0) is 11.3 Å². The van der Waals surface area contributed by atoms with Crippen molar-refractivity contribution in [3.8, 4) is 11.4 Å². The molecule has 5 nitrogen and oxygen atoms in total. The van der Waals surface area contributed by atoms with E-state index in [1.54, 1.807) is 12.4 Å². The highest BCUT2D eigenvalue weighted by Gasteiger charge is 2.21. The first kappa shape index (κ1) is 13.9. The van der Waals surface area contributed by atoms with E-state index in [1.807, 2.05) is 37.5 Å². The SMILES string of the molecule is CCOC(C)(C)Cn1c(-c2cccnc2)n[nH]c1=S. The number of rotatable bonds is 5. The standard InChI is InChI=1S/C13H18N4OS/c1-4-18-13(2,3)9-17-11(15-16-12(17)19)10-6-5-7-14-8-10/h5-8H,4,9H2,1-3H3,(H,16,19). The van der Waals surface area contributed by atoms with Crippen LogP contribution in [0.25, 0.3) is 11.4 Å². The normalized spacial score (nSPS) is 11.7. The smallest absolute Gasteiger partial charge is 0.195 e. The van der Waals surface area contributed by atoms with Gasteiger partial charge in [0, 0.05) is 24.6 Å². The van der Waals surface area contributed by atoms with Gasteiger partial charge in [-0.15, -0.1) is 0 Å². The number of aromatic nitrogens is 4. The van der Waals surface area contributed by atoms with Crippen LogP contribution in [0.5, 0.6) is 0 Å². The van der Waals surface area contributed by atoms with Crippen LogP contribution in [-0.4, -0.2) is 32.0 Å². The zero-order chi connectivity index (χ0) is 13.9. The first-order valence-corrected chi connectivity index (χ1v) is 6.64. The van der Waals surface area contributed by atoms with Crippen LogP contribution in [0.2, 0.25) is 0 Å². The van der Waals surface area contributed by atoms with Crippen LogP contribution in [0.1, 0.15) is 20.8 Å². The second kappa shape index (κ2) is 5.63. The van der Waals surface area contributed by atoms with Gasteiger partial charge in [0.05, 0.1) is 12.1 Å². The number of ether oxygens (including phenoxy) is 1. The molecule has 2 rings (SSSR count). The van der Waals surface area contributed by atoms with E-state index in [0.29, 0.717) is 17.9 Å². The molecule has 0 saturated carbocycles.